The summed E-state index contributed by atoms with van der Waals surface area (Å²) in [6, 6.07) is 12.6. The van der Waals surface area contributed by atoms with E-state index in [1.807, 2.05) is 29.1 Å². The van der Waals surface area contributed by atoms with Crippen LogP contribution < -0.4 is 0 Å². The van der Waals surface area contributed by atoms with Crippen molar-refractivity contribution in [2.75, 3.05) is 0 Å². The van der Waals surface area contributed by atoms with Crippen molar-refractivity contribution in [1.82, 2.24) is 20.0 Å². The SMILES string of the molecule is Cc1c(-c2cc3c(nn2)[C@@H]2CC[C@H]3C23CC3)cnn1-c1ccccc1. The van der Waals surface area contributed by atoms with Crippen LogP contribution in [0.1, 0.15) is 54.5 Å². The third-order valence-electron chi connectivity index (χ3n) is 6.80. The number of nitrogens with zero attached hydrogens (tertiary/aromatic N) is 4. The molecule has 0 aliphatic heterocycles. The molecule has 0 N–H and O–H groups in total. The highest BCUT2D eigenvalue weighted by atomic mass is 15.3. The number of hydrogen-bond donors (Lipinski definition) is 0. The fraction of sp³-hybridized carbons (Fsp3) is 0.381. The molecule has 2 saturated carbocycles. The molecule has 124 valence electrons. The first-order valence-corrected chi connectivity index (χ1v) is 9.26. The van der Waals surface area contributed by atoms with Crippen LogP contribution in [0.5, 0.6) is 0 Å². The molecule has 3 aromatic rings. The van der Waals surface area contributed by atoms with E-state index >= 15 is 0 Å². The van der Waals surface area contributed by atoms with E-state index in [0.717, 1.165) is 28.6 Å². The first-order valence-electron chi connectivity index (χ1n) is 9.26. The highest BCUT2D eigenvalue weighted by Gasteiger charge is 2.64. The number of para-hydroxylation sites is 1. The van der Waals surface area contributed by atoms with Crippen LogP contribution in [0.4, 0.5) is 0 Å². The third-order valence-corrected chi connectivity index (χ3v) is 6.80. The first-order chi connectivity index (χ1) is 12.3. The number of fused-ring (bicyclic) bond motifs is 3. The van der Waals surface area contributed by atoms with Gasteiger partial charge in [0, 0.05) is 11.5 Å². The molecule has 2 fully saturated rings. The van der Waals surface area contributed by atoms with Gasteiger partial charge in [0.15, 0.2) is 0 Å². The van der Waals surface area contributed by atoms with Crippen LogP contribution in [0.25, 0.3) is 16.9 Å². The first kappa shape index (κ1) is 13.8. The Morgan fingerprint density at radius 2 is 1.84 bits per heavy atom. The zero-order chi connectivity index (χ0) is 16.6. The van der Waals surface area contributed by atoms with Crippen molar-refractivity contribution in [3.63, 3.8) is 0 Å². The highest BCUT2D eigenvalue weighted by molar-refractivity contribution is 5.64. The third kappa shape index (κ3) is 1.69. The second-order valence-electron chi connectivity index (χ2n) is 7.88. The normalized spacial score (nSPS) is 24.7. The maximum absolute atomic E-state index is 4.69. The number of rotatable bonds is 2. The van der Waals surface area contributed by atoms with Crippen molar-refractivity contribution in [1.29, 1.82) is 0 Å². The van der Waals surface area contributed by atoms with Crippen molar-refractivity contribution in [3.05, 3.63) is 59.5 Å². The Morgan fingerprint density at radius 1 is 1.04 bits per heavy atom. The van der Waals surface area contributed by atoms with Crippen molar-refractivity contribution in [2.24, 2.45) is 5.41 Å². The summed E-state index contributed by atoms with van der Waals surface area (Å²) in [6.45, 7) is 2.11. The molecule has 2 atom stereocenters. The van der Waals surface area contributed by atoms with Gasteiger partial charge in [-0.05, 0) is 67.7 Å². The maximum Gasteiger partial charge on any atom is 0.0967 e. The van der Waals surface area contributed by atoms with Gasteiger partial charge in [0.1, 0.15) is 0 Å². The number of aromatic nitrogens is 4. The molecular weight excluding hydrogens is 308 g/mol. The van der Waals surface area contributed by atoms with Crippen LogP contribution in [0, 0.1) is 12.3 Å². The van der Waals surface area contributed by atoms with Gasteiger partial charge in [-0.3, -0.25) is 0 Å². The highest BCUT2D eigenvalue weighted by Crippen LogP contribution is 2.75. The monoisotopic (exact) mass is 328 g/mol. The van der Waals surface area contributed by atoms with Crippen LogP contribution in [-0.2, 0) is 0 Å². The minimum atomic E-state index is 0.568. The minimum absolute atomic E-state index is 0.568. The Bertz CT molecular complexity index is 984. The molecule has 4 heteroatoms. The fourth-order valence-electron chi connectivity index (χ4n) is 5.45. The molecule has 1 spiro atoms. The van der Waals surface area contributed by atoms with Crippen LogP contribution >= 0.6 is 0 Å². The van der Waals surface area contributed by atoms with Gasteiger partial charge in [-0.15, -0.1) is 0 Å². The van der Waals surface area contributed by atoms with Gasteiger partial charge in [0.05, 0.1) is 29.0 Å². The van der Waals surface area contributed by atoms with Crippen molar-refractivity contribution in [2.45, 2.75) is 44.4 Å². The minimum Gasteiger partial charge on any atom is -0.237 e. The van der Waals surface area contributed by atoms with E-state index in [1.165, 1.54) is 36.9 Å². The lowest BCUT2D eigenvalue weighted by Crippen LogP contribution is -2.04. The second-order valence-corrected chi connectivity index (χ2v) is 7.88. The Morgan fingerprint density at radius 3 is 2.64 bits per heavy atom. The molecule has 25 heavy (non-hydrogen) atoms. The van der Waals surface area contributed by atoms with E-state index in [-0.39, 0.29) is 0 Å². The quantitative estimate of drug-likeness (QED) is 0.700. The molecule has 3 aliphatic carbocycles. The van der Waals surface area contributed by atoms with E-state index in [1.54, 1.807) is 0 Å². The Balaban J connectivity index is 1.44. The van der Waals surface area contributed by atoms with Gasteiger partial charge in [0.2, 0.25) is 0 Å². The van der Waals surface area contributed by atoms with E-state index in [0.29, 0.717) is 11.3 Å². The predicted octanol–water partition coefficient (Wildman–Crippen LogP) is 4.39. The summed E-state index contributed by atoms with van der Waals surface area (Å²) in [5.41, 5.74) is 7.60. The molecule has 2 heterocycles. The summed E-state index contributed by atoms with van der Waals surface area (Å²) in [6.07, 6.45) is 7.36. The van der Waals surface area contributed by atoms with Gasteiger partial charge >= 0.3 is 0 Å². The fourth-order valence-corrected chi connectivity index (χ4v) is 5.45. The molecule has 2 aromatic heterocycles. The summed E-state index contributed by atoms with van der Waals surface area (Å²) in [5, 5.41) is 13.9. The standard InChI is InChI=1S/C21H20N4/c1-13-16(12-22-25(13)14-5-3-2-4-6-14)19-11-15-17-7-8-18(20(15)24-23-19)21(17)9-10-21/h2-6,11-12,17-18H,7-10H2,1H3/t17-,18+/m1/s1. The Hall–Kier alpha value is -2.49. The second kappa shape index (κ2) is 4.57. The molecule has 0 unspecified atom stereocenters. The van der Waals surface area contributed by atoms with Gasteiger partial charge in [-0.2, -0.15) is 15.3 Å². The molecule has 6 rings (SSSR count). The van der Waals surface area contributed by atoms with Gasteiger partial charge in [-0.1, -0.05) is 18.2 Å². The molecule has 1 aromatic carbocycles. The summed E-state index contributed by atoms with van der Waals surface area (Å²) in [7, 11) is 0. The van der Waals surface area contributed by atoms with E-state index in [9.17, 15) is 0 Å². The summed E-state index contributed by atoms with van der Waals surface area (Å²) in [5.74, 6) is 1.41. The summed E-state index contributed by atoms with van der Waals surface area (Å²) < 4.78 is 1.98. The maximum atomic E-state index is 4.69. The smallest absolute Gasteiger partial charge is 0.0967 e. The molecule has 2 bridgehead atoms. The van der Waals surface area contributed by atoms with Crippen molar-refractivity contribution >= 4 is 0 Å². The van der Waals surface area contributed by atoms with Crippen molar-refractivity contribution < 1.29 is 0 Å². The van der Waals surface area contributed by atoms with E-state index in [4.69, 9.17) is 0 Å². The largest absolute Gasteiger partial charge is 0.237 e. The van der Waals surface area contributed by atoms with Crippen LogP contribution in [0.15, 0.2) is 42.6 Å². The van der Waals surface area contributed by atoms with Gasteiger partial charge in [0.25, 0.3) is 0 Å². The van der Waals surface area contributed by atoms with E-state index < -0.39 is 0 Å². The summed E-state index contributed by atoms with van der Waals surface area (Å²) >= 11 is 0. The molecule has 0 amide bonds. The predicted molar refractivity (Wildman–Crippen MR) is 95.7 cm³/mol. The topological polar surface area (TPSA) is 43.6 Å². The van der Waals surface area contributed by atoms with E-state index in [2.05, 4.69) is 40.4 Å². The van der Waals surface area contributed by atoms with Crippen LogP contribution in [0.3, 0.4) is 0 Å². The molecule has 0 radical (unpaired) electrons. The van der Waals surface area contributed by atoms with Gasteiger partial charge < -0.3 is 0 Å². The average Bonchev–Trinajstić information content (AvgIpc) is 3.15. The van der Waals surface area contributed by atoms with Crippen LogP contribution in [0.2, 0.25) is 0 Å². The Labute approximate surface area is 146 Å². The zero-order valence-electron chi connectivity index (χ0n) is 14.3. The zero-order valence-corrected chi connectivity index (χ0v) is 14.3. The molecule has 4 nitrogen and oxygen atoms in total. The number of hydrogen-bond acceptors (Lipinski definition) is 3. The lowest BCUT2D eigenvalue weighted by molar-refractivity contribution is 0.456. The van der Waals surface area contributed by atoms with Gasteiger partial charge in [-0.25, -0.2) is 4.68 Å². The lowest BCUT2D eigenvalue weighted by Gasteiger charge is -2.14. The molecular formula is C21H20N4. The Kier molecular flexibility index (Phi) is 2.51. The number of benzene rings is 1. The van der Waals surface area contributed by atoms with Crippen LogP contribution in [-0.4, -0.2) is 20.0 Å². The summed E-state index contributed by atoms with van der Waals surface area (Å²) in [4.78, 5) is 0. The average molecular weight is 328 g/mol. The van der Waals surface area contributed by atoms with Crippen molar-refractivity contribution in [3.8, 4) is 16.9 Å². The molecule has 3 aliphatic rings. The lowest BCUT2D eigenvalue weighted by atomic mass is 9.91. The molecule has 0 saturated heterocycles.